The highest BCUT2D eigenvalue weighted by Gasteiger charge is 2.34. The molecule has 0 aliphatic rings. The fourth-order valence-electron chi connectivity index (χ4n) is 1.76. The fourth-order valence-corrected chi connectivity index (χ4v) is 2.26. The second-order valence-corrected chi connectivity index (χ2v) is 6.28. The zero-order valence-electron chi connectivity index (χ0n) is 13.1. The van der Waals surface area contributed by atoms with E-state index in [-0.39, 0.29) is 16.5 Å². The van der Waals surface area contributed by atoms with Gasteiger partial charge in [0.05, 0.1) is 9.95 Å². The van der Waals surface area contributed by atoms with Crippen LogP contribution in [0.25, 0.3) is 0 Å². The second kappa shape index (κ2) is 7.08. The van der Waals surface area contributed by atoms with Crippen LogP contribution in [-0.4, -0.2) is 26.5 Å². The van der Waals surface area contributed by atoms with Crippen molar-refractivity contribution in [3.63, 3.8) is 0 Å². The minimum absolute atomic E-state index is 0.128. The van der Waals surface area contributed by atoms with E-state index in [2.05, 4.69) is 10.3 Å². The lowest BCUT2D eigenvalue weighted by atomic mass is 10.1. The minimum atomic E-state index is -1.35. The fraction of sp³-hybridized carbons (Fsp3) is 0.214. The second-order valence-electron chi connectivity index (χ2n) is 5.44. The first-order valence-electron chi connectivity index (χ1n) is 6.83. The number of halogens is 2. The molecule has 11 heteroatoms. The Kier molecular flexibility index (Phi) is 5.29. The lowest BCUT2D eigenvalue weighted by molar-refractivity contribution is -0.385. The van der Waals surface area contributed by atoms with Crippen molar-refractivity contribution in [3.05, 3.63) is 56.3 Å². The third kappa shape index (κ3) is 4.06. The van der Waals surface area contributed by atoms with Crippen LogP contribution in [0.5, 0.6) is 0 Å². The van der Waals surface area contributed by atoms with Crippen LogP contribution in [0.4, 0.5) is 5.69 Å². The van der Waals surface area contributed by atoms with Crippen LogP contribution >= 0.6 is 23.2 Å². The van der Waals surface area contributed by atoms with Crippen LogP contribution in [0.15, 0.2) is 35.7 Å². The predicted molar refractivity (Wildman–Crippen MR) is 91.5 cm³/mol. The van der Waals surface area contributed by atoms with Gasteiger partial charge in [-0.1, -0.05) is 28.4 Å². The van der Waals surface area contributed by atoms with E-state index in [1.165, 1.54) is 26.0 Å². The molecule has 0 fully saturated rings. The molecule has 0 aliphatic heterocycles. The summed E-state index contributed by atoms with van der Waals surface area (Å²) in [5, 5.41) is 18.7. The van der Waals surface area contributed by atoms with Gasteiger partial charge in [0.2, 0.25) is 0 Å². The number of hydrogen-bond donors (Lipinski definition) is 1. The minimum Gasteiger partial charge on any atom is -0.380 e. The van der Waals surface area contributed by atoms with Crippen LogP contribution in [0, 0.1) is 10.1 Å². The normalized spacial score (nSPS) is 12.1. The van der Waals surface area contributed by atoms with E-state index in [0.717, 1.165) is 17.1 Å². The molecule has 1 aromatic heterocycles. The summed E-state index contributed by atoms with van der Waals surface area (Å²) in [4.78, 5) is 27.2. The summed E-state index contributed by atoms with van der Waals surface area (Å²) in [5.41, 5.74) is 4.49. The van der Waals surface area contributed by atoms with E-state index in [4.69, 9.17) is 33.8 Å². The van der Waals surface area contributed by atoms with Crippen LogP contribution < -0.4 is 5.73 Å². The highest BCUT2D eigenvalue weighted by molar-refractivity contribution is 6.36. The van der Waals surface area contributed by atoms with Gasteiger partial charge in [-0.3, -0.25) is 10.1 Å². The average molecular weight is 386 g/mol. The number of rotatable bonds is 5. The zero-order chi connectivity index (χ0) is 18.8. The summed E-state index contributed by atoms with van der Waals surface area (Å²) in [6, 6.07) is 4.55. The molecule has 0 spiro atoms. The summed E-state index contributed by atoms with van der Waals surface area (Å²) >= 11 is 11.8. The molecular formula is C14H13Cl2N5O4. The Morgan fingerprint density at radius 3 is 2.68 bits per heavy atom. The number of hydrogen-bond acceptors (Lipinski definition) is 6. The Morgan fingerprint density at radius 1 is 1.44 bits per heavy atom. The SMILES string of the molecule is CC(C)(C(=O)O/N=C(\N)c1ccc(Cl)cc1Cl)n1cc([N+](=O)[O-])cn1. The van der Waals surface area contributed by atoms with E-state index >= 15 is 0 Å². The standard InChI is InChI=1S/C14H13Cl2N5O4/c1-14(2,20-7-9(6-18-20)21(23)24)13(22)25-19-12(17)10-4-3-8(15)5-11(10)16/h3-7H,1-2H3,(H2,17,19). The van der Waals surface area contributed by atoms with Crippen molar-refractivity contribution in [1.82, 2.24) is 9.78 Å². The molecule has 25 heavy (non-hydrogen) atoms. The summed E-state index contributed by atoms with van der Waals surface area (Å²) < 4.78 is 1.11. The molecule has 2 rings (SSSR count). The van der Waals surface area contributed by atoms with Crippen molar-refractivity contribution in [2.75, 3.05) is 0 Å². The molecule has 0 radical (unpaired) electrons. The highest BCUT2D eigenvalue weighted by Crippen LogP contribution is 2.22. The third-order valence-corrected chi connectivity index (χ3v) is 3.83. The molecule has 0 amide bonds. The van der Waals surface area contributed by atoms with Crippen molar-refractivity contribution >= 4 is 40.7 Å². The zero-order valence-corrected chi connectivity index (χ0v) is 14.7. The summed E-state index contributed by atoms with van der Waals surface area (Å²) in [6.45, 7) is 2.93. The molecule has 1 heterocycles. The topological polar surface area (TPSA) is 126 Å². The van der Waals surface area contributed by atoms with Crippen LogP contribution in [0.2, 0.25) is 10.0 Å². The van der Waals surface area contributed by atoms with Gasteiger partial charge in [0.1, 0.15) is 12.4 Å². The Hall–Kier alpha value is -2.65. The van der Waals surface area contributed by atoms with Gasteiger partial charge >= 0.3 is 11.7 Å². The molecule has 0 saturated carbocycles. The van der Waals surface area contributed by atoms with Crippen LogP contribution in [0.1, 0.15) is 19.4 Å². The van der Waals surface area contributed by atoms with E-state index in [1.807, 2.05) is 0 Å². The Bertz CT molecular complexity index is 863. The smallest absolute Gasteiger partial charge is 0.361 e. The van der Waals surface area contributed by atoms with E-state index in [9.17, 15) is 14.9 Å². The Balaban J connectivity index is 2.18. The number of nitrogens with zero attached hydrogens (tertiary/aromatic N) is 4. The maximum Gasteiger partial charge on any atom is 0.361 e. The highest BCUT2D eigenvalue weighted by atomic mass is 35.5. The molecule has 0 bridgehead atoms. The number of aromatic nitrogens is 2. The predicted octanol–water partition coefficient (Wildman–Crippen LogP) is 2.70. The molecule has 0 unspecified atom stereocenters. The van der Waals surface area contributed by atoms with Crippen molar-refractivity contribution in [2.45, 2.75) is 19.4 Å². The number of carbonyl (C=O) groups is 1. The summed E-state index contributed by atoms with van der Waals surface area (Å²) in [6.07, 6.45) is 2.14. The van der Waals surface area contributed by atoms with Gasteiger partial charge in [0.25, 0.3) is 0 Å². The summed E-state index contributed by atoms with van der Waals surface area (Å²) in [7, 11) is 0. The Morgan fingerprint density at radius 2 is 2.12 bits per heavy atom. The number of nitrogens with two attached hydrogens (primary N) is 1. The third-order valence-electron chi connectivity index (χ3n) is 3.29. The number of oxime groups is 1. The molecule has 0 aliphatic carbocycles. The monoisotopic (exact) mass is 385 g/mol. The number of carbonyl (C=O) groups excluding carboxylic acids is 1. The Labute approximate surface area is 152 Å². The average Bonchev–Trinajstić information content (AvgIpc) is 3.03. The largest absolute Gasteiger partial charge is 0.380 e. The van der Waals surface area contributed by atoms with Gasteiger partial charge < -0.3 is 10.6 Å². The van der Waals surface area contributed by atoms with Gasteiger partial charge in [-0.05, 0) is 32.0 Å². The van der Waals surface area contributed by atoms with Gasteiger partial charge in [-0.2, -0.15) is 5.10 Å². The molecule has 1 aromatic carbocycles. The van der Waals surface area contributed by atoms with Crippen LogP contribution in [-0.2, 0) is 15.2 Å². The van der Waals surface area contributed by atoms with Crippen LogP contribution in [0.3, 0.4) is 0 Å². The number of nitro groups is 1. The van der Waals surface area contributed by atoms with E-state index in [1.54, 1.807) is 6.07 Å². The van der Waals surface area contributed by atoms with Crippen molar-refractivity contribution in [1.29, 1.82) is 0 Å². The maximum absolute atomic E-state index is 12.2. The first kappa shape index (κ1) is 18.7. The number of amidine groups is 1. The van der Waals surface area contributed by atoms with Gasteiger partial charge in [0.15, 0.2) is 11.4 Å². The lowest BCUT2D eigenvalue weighted by Crippen LogP contribution is -2.37. The van der Waals surface area contributed by atoms with E-state index < -0.39 is 16.4 Å². The first-order valence-corrected chi connectivity index (χ1v) is 7.58. The van der Waals surface area contributed by atoms with Gasteiger partial charge in [0, 0.05) is 10.6 Å². The molecule has 132 valence electrons. The quantitative estimate of drug-likeness (QED) is 0.277. The molecule has 0 atom stereocenters. The lowest BCUT2D eigenvalue weighted by Gasteiger charge is -2.20. The first-order chi connectivity index (χ1) is 11.6. The molecule has 0 saturated heterocycles. The molecular weight excluding hydrogens is 373 g/mol. The van der Waals surface area contributed by atoms with Crippen molar-refractivity contribution in [2.24, 2.45) is 10.9 Å². The van der Waals surface area contributed by atoms with E-state index in [0.29, 0.717) is 10.6 Å². The number of benzene rings is 1. The molecule has 9 nitrogen and oxygen atoms in total. The van der Waals surface area contributed by atoms with Crippen molar-refractivity contribution < 1.29 is 14.6 Å². The maximum atomic E-state index is 12.2. The molecule has 2 N–H and O–H groups in total. The van der Waals surface area contributed by atoms with Crippen molar-refractivity contribution in [3.8, 4) is 0 Å². The van der Waals surface area contributed by atoms with Gasteiger partial charge in [-0.25, -0.2) is 9.48 Å². The summed E-state index contributed by atoms with van der Waals surface area (Å²) in [5.74, 6) is -0.948. The van der Waals surface area contributed by atoms with Gasteiger partial charge in [-0.15, -0.1) is 0 Å². The molecule has 2 aromatic rings.